The molecule has 1 N–H and O–H groups in total. The predicted octanol–water partition coefficient (Wildman–Crippen LogP) is 5.27. The number of pyridine rings is 1. The van der Waals surface area contributed by atoms with Gasteiger partial charge in [-0.05, 0) is 35.9 Å². The number of amides is 1. The van der Waals surface area contributed by atoms with Crippen LogP contribution in [0, 0.1) is 5.41 Å². The van der Waals surface area contributed by atoms with Crippen molar-refractivity contribution >= 4 is 22.6 Å². The van der Waals surface area contributed by atoms with E-state index in [1.807, 2.05) is 51.1 Å². The van der Waals surface area contributed by atoms with Crippen LogP contribution in [0.2, 0.25) is 0 Å². The molecule has 2 aromatic carbocycles. The van der Waals surface area contributed by atoms with Crippen LogP contribution in [-0.2, 0) is 17.9 Å². The quantitative estimate of drug-likeness (QED) is 0.306. The standard InChI is InChI=1S/C28H26F2N6O3/c1-28(2,3)26(37)32-19-11-12-21-22(13-19)35(15-17-7-5-4-6-8-17)27(38)36(21)16-20-10-9-18(14-31-20)24-33-34-25(39-24)23(29)30/h4-14,23H,15-16H2,1-3H3,(H,32,37). The lowest BCUT2D eigenvalue weighted by Crippen LogP contribution is -2.27. The number of hydrogen-bond donors (Lipinski definition) is 1. The molecule has 0 fully saturated rings. The van der Waals surface area contributed by atoms with Gasteiger partial charge in [-0.3, -0.25) is 18.9 Å². The first-order chi connectivity index (χ1) is 18.6. The van der Waals surface area contributed by atoms with Gasteiger partial charge in [0.15, 0.2) is 0 Å². The molecule has 3 heterocycles. The molecule has 0 aliphatic heterocycles. The van der Waals surface area contributed by atoms with Gasteiger partial charge in [-0.2, -0.15) is 8.78 Å². The number of rotatable bonds is 7. The number of hydrogen-bond acceptors (Lipinski definition) is 6. The number of carbonyl (C=O) groups is 1. The second-order valence-corrected chi connectivity index (χ2v) is 10.1. The lowest BCUT2D eigenvalue weighted by atomic mass is 9.95. The van der Waals surface area contributed by atoms with E-state index in [-0.39, 0.29) is 24.0 Å². The summed E-state index contributed by atoms with van der Waals surface area (Å²) in [6.07, 6.45) is -1.42. The monoisotopic (exact) mass is 532 g/mol. The highest BCUT2D eigenvalue weighted by molar-refractivity contribution is 5.96. The summed E-state index contributed by atoms with van der Waals surface area (Å²) in [6, 6.07) is 18.3. The molecule has 39 heavy (non-hydrogen) atoms. The van der Waals surface area contributed by atoms with E-state index in [4.69, 9.17) is 4.42 Å². The average Bonchev–Trinajstić information content (AvgIpc) is 3.50. The van der Waals surface area contributed by atoms with Crippen LogP contribution < -0.4 is 11.0 Å². The summed E-state index contributed by atoms with van der Waals surface area (Å²) in [5.74, 6) is -0.958. The lowest BCUT2D eigenvalue weighted by Gasteiger charge is -2.17. The molecule has 1 amide bonds. The van der Waals surface area contributed by atoms with E-state index in [2.05, 4.69) is 20.5 Å². The Morgan fingerprint density at radius 3 is 2.36 bits per heavy atom. The zero-order chi connectivity index (χ0) is 27.7. The minimum absolute atomic E-state index is 0.0641. The number of fused-ring (bicyclic) bond motifs is 1. The van der Waals surface area contributed by atoms with E-state index in [9.17, 15) is 18.4 Å². The summed E-state index contributed by atoms with van der Waals surface area (Å²) < 4.78 is 33.8. The molecule has 0 bridgehead atoms. The third-order valence-corrected chi connectivity index (χ3v) is 6.16. The number of carbonyl (C=O) groups excluding carboxylic acids is 1. The molecule has 0 atom stereocenters. The third-order valence-electron chi connectivity index (χ3n) is 6.16. The molecule has 9 nitrogen and oxygen atoms in total. The molecule has 0 saturated carbocycles. The molecule has 11 heteroatoms. The molecule has 5 rings (SSSR count). The van der Waals surface area contributed by atoms with Crippen LogP contribution in [0.5, 0.6) is 0 Å². The van der Waals surface area contributed by atoms with Crippen molar-refractivity contribution in [2.24, 2.45) is 5.41 Å². The Bertz CT molecular complexity index is 1680. The molecular weight excluding hydrogens is 506 g/mol. The van der Waals surface area contributed by atoms with Crippen LogP contribution >= 0.6 is 0 Å². The second-order valence-electron chi connectivity index (χ2n) is 10.1. The average molecular weight is 533 g/mol. The van der Waals surface area contributed by atoms with Crippen LogP contribution in [0.3, 0.4) is 0 Å². The minimum atomic E-state index is -2.86. The largest absolute Gasteiger partial charge is 0.415 e. The first-order valence-electron chi connectivity index (χ1n) is 12.3. The van der Waals surface area contributed by atoms with Crippen LogP contribution in [0.15, 0.2) is 76.1 Å². The van der Waals surface area contributed by atoms with Crippen molar-refractivity contribution in [2.45, 2.75) is 40.3 Å². The Morgan fingerprint density at radius 2 is 1.72 bits per heavy atom. The number of alkyl halides is 2. The van der Waals surface area contributed by atoms with Crippen molar-refractivity contribution in [1.82, 2.24) is 24.3 Å². The smallest absolute Gasteiger partial charge is 0.329 e. The van der Waals surface area contributed by atoms with Crippen molar-refractivity contribution in [1.29, 1.82) is 0 Å². The fourth-order valence-corrected chi connectivity index (χ4v) is 4.03. The van der Waals surface area contributed by atoms with Gasteiger partial charge < -0.3 is 9.73 Å². The van der Waals surface area contributed by atoms with Gasteiger partial charge in [0.1, 0.15) is 0 Å². The normalized spacial score (nSPS) is 11.8. The fourth-order valence-electron chi connectivity index (χ4n) is 4.03. The Balaban J connectivity index is 1.50. The number of aromatic nitrogens is 5. The molecule has 200 valence electrons. The summed E-state index contributed by atoms with van der Waals surface area (Å²) in [4.78, 5) is 30.6. The van der Waals surface area contributed by atoms with Crippen LogP contribution in [0.4, 0.5) is 14.5 Å². The molecular formula is C28H26F2N6O3. The van der Waals surface area contributed by atoms with Crippen LogP contribution in [-0.4, -0.2) is 30.2 Å². The molecule has 0 spiro atoms. The number of anilines is 1. The number of halogens is 2. The Kier molecular flexibility index (Phi) is 6.81. The summed E-state index contributed by atoms with van der Waals surface area (Å²) in [5.41, 5.74) is 3.02. The summed E-state index contributed by atoms with van der Waals surface area (Å²) in [6.45, 7) is 6.00. The topological polar surface area (TPSA) is 108 Å². The first kappa shape index (κ1) is 26.0. The second kappa shape index (κ2) is 10.2. The summed E-state index contributed by atoms with van der Waals surface area (Å²) in [5, 5.41) is 9.90. The number of nitrogens with one attached hydrogen (secondary N) is 1. The minimum Gasteiger partial charge on any atom is -0.415 e. The first-order valence-corrected chi connectivity index (χ1v) is 12.3. The maximum absolute atomic E-state index is 13.7. The SMILES string of the molecule is CC(C)(C)C(=O)Nc1ccc2c(c1)n(Cc1ccccc1)c(=O)n2Cc1ccc(-c2nnc(C(F)F)o2)cn1. The molecule has 3 aromatic heterocycles. The van der Waals surface area contributed by atoms with Crippen molar-refractivity contribution < 1.29 is 18.0 Å². The highest BCUT2D eigenvalue weighted by atomic mass is 19.3. The Morgan fingerprint density at radius 1 is 0.974 bits per heavy atom. The van der Waals surface area contributed by atoms with Gasteiger partial charge >= 0.3 is 12.1 Å². The van der Waals surface area contributed by atoms with Crippen molar-refractivity contribution in [3.8, 4) is 11.5 Å². The molecule has 0 saturated heterocycles. The predicted molar refractivity (Wildman–Crippen MR) is 141 cm³/mol. The van der Waals surface area contributed by atoms with Crippen molar-refractivity contribution in [3.63, 3.8) is 0 Å². The molecule has 0 aliphatic carbocycles. The van der Waals surface area contributed by atoms with E-state index in [1.54, 1.807) is 39.5 Å². The van der Waals surface area contributed by atoms with Gasteiger partial charge in [0, 0.05) is 17.3 Å². The van der Waals surface area contributed by atoms with E-state index >= 15 is 0 Å². The van der Waals surface area contributed by atoms with E-state index in [0.29, 0.717) is 34.5 Å². The van der Waals surface area contributed by atoms with Gasteiger partial charge in [-0.15, -0.1) is 10.2 Å². The lowest BCUT2D eigenvalue weighted by molar-refractivity contribution is -0.123. The van der Waals surface area contributed by atoms with Gasteiger partial charge in [0.2, 0.25) is 11.8 Å². The van der Waals surface area contributed by atoms with Gasteiger partial charge in [-0.25, -0.2) is 4.79 Å². The number of benzene rings is 2. The van der Waals surface area contributed by atoms with Crippen molar-refractivity contribution in [3.05, 3.63) is 94.5 Å². The molecule has 0 unspecified atom stereocenters. The maximum atomic E-state index is 13.7. The Hall–Kier alpha value is -4.67. The third kappa shape index (κ3) is 5.47. The zero-order valence-corrected chi connectivity index (χ0v) is 21.6. The van der Waals surface area contributed by atoms with E-state index in [0.717, 1.165) is 5.56 Å². The summed E-state index contributed by atoms with van der Waals surface area (Å²) in [7, 11) is 0. The molecule has 5 aromatic rings. The van der Waals surface area contributed by atoms with Crippen molar-refractivity contribution in [2.75, 3.05) is 5.32 Å². The van der Waals surface area contributed by atoms with E-state index < -0.39 is 17.7 Å². The van der Waals surface area contributed by atoms with Crippen LogP contribution in [0.25, 0.3) is 22.5 Å². The van der Waals surface area contributed by atoms with Crippen LogP contribution in [0.1, 0.15) is 44.3 Å². The fraction of sp³-hybridized carbons (Fsp3) is 0.250. The molecule has 0 aliphatic rings. The van der Waals surface area contributed by atoms with E-state index in [1.165, 1.54) is 6.20 Å². The number of nitrogens with zero attached hydrogens (tertiary/aromatic N) is 5. The maximum Gasteiger partial charge on any atom is 0.329 e. The van der Waals surface area contributed by atoms with Gasteiger partial charge in [0.25, 0.3) is 5.89 Å². The Labute approximate surface area is 222 Å². The zero-order valence-electron chi connectivity index (χ0n) is 21.6. The highest BCUT2D eigenvalue weighted by Crippen LogP contribution is 2.25. The van der Waals surface area contributed by atoms with Gasteiger partial charge in [0.05, 0.1) is 35.4 Å². The molecule has 0 radical (unpaired) electrons. The highest BCUT2D eigenvalue weighted by Gasteiger charge is 2.22. The number of imidazole rings is 1. The van der Waals surface area contributed by atoms with Gasteiger partial charge in [-0.1, -0.05) is 51.1 Å². The summed E-state index contributed by atoms with van der Waals surface area (Å²) >= 11 is 0.